The highest BCUT2D eigenvalue weighted by Crippen LogP contribution is 2.29. The first-order chi connectivity index (χ1) is 15.4. The van der Waals surface area contributed by atoms with E-state index in [1.807, 2.05) is 30.3 Å². The number of hydrogen-bond donors (Lipinski definition) is 0. The van der Waals surface area contributed by atoms with E-state index in [1.165, 1.54) is 18.4 Å². The molecule has 1 aliphatic rings. The van der Waals surface area contributed by atoms with Gasteiger partial charge in [-0.1, -0.05) is 69.3 Å². The lowest BCUT2D eigenvalue weighted by atomic mass is 9.87. The molecular formula is C29H36N2O. The van der Waals surface area contributed by atoms with Crippen LogP contribution in [0.25, 0.3) is 10.9 Å². The molecule has 2 aromatic carbocycles. The molecule has 1 saturated heterocycles. The lowest BCUT2D eigenvalue weighted by Crippen LogP contribution is -2.35. The summed E-state index contributed by atoms with van der Waals surface area (Å²) in [6.45, 7) is 9.90. The van der Waals surface area contributed by atoms with Gasteiger partial charge in [0.15, 0.2) is 5.78 Å². The third-order valence-corrected chi connectivity index (χ3v) is 6.83. The van der Waals surface area contributed by atoms with Crippen LogP contribution in [0, 0.1) is 5.92 Å². The van der Waals surface area contributed by atoms with Crippen molar-refractivity contribution in [2.75, 3.05) is 19.6 Å². The number of nitrogens with zero attached hydrogens (tertiary/aromatic N) is 2. The van der Waals surface area contributed by atoms with Crippen molar-refractivity contribution in [2.45, 2.75) is 58.3 Å². The number of carbonyl (C=O) groups excluding carboxylic acids is 1. The van der Waals surface area contributed by atoms with Crippen LogP contribution >= 0.6 is 0 Å². The predicted molar refractivity (Wildman–Crippen MR) is 133 cm³/mol. The Bertz CT molecular complexity index is 1040. The maximum Gasteiger partial charge on any atom is 0.163 e. The third-order valence-electron chi connectivity index (χ3n) is 6.83. The second-order valence-corrected chi connectivity index (χ2v) is 10.3. The van der Waals surface area contributed by atoms with Crippen LogP contribution in [0.1, 0.15) is 68.1 Å². The minimum atomic E-state index is -0.0777. The van der Waals surface area contributed by atoms with E-state index in [0.29, 0.717) is 12.3 Å². The van der Waals surface area contributed by atoms with Gasteiger partial charge in [0.05, 0.1) is 5.52 Å². The maximum atomic E-state index is 13.3. The number of hydrogen-bond acceptors (Lipinski definition) is 3. The highest BCUT2D eigenvalue weighted by Gasteiger charge is 2.23. The van der Waals surface area contributed by atoms with Crippen molar-refractivity contribution in [1.82, 2.24) is 9.88 Å². The number of pyridine rings is 1. The summed E-state index contributed by atoms with van der Waals surface area (Å²) in [6.07, 6.45) is 5.15. The zero-order valence-electron chi connectivity index (χ0n) is 19.8. The van der Waals surface area contributed by atoms with Crippen LogP contribution in [-0.2, 0) is 11.8 Å². The molecule has 3 heteroatoms. The molecule has 1 aromatic heterocycles. The molecule has 0 spiro atoms. The monoisotopic (exact) mass is 428 g/mol. The number of fused-ring (bicyclic) bond motifs is 1. The van der Waals surface area contributed by atoms with E-state index in [1.54, 1.807) is 0 Å². The summed E-state index contributed by atoms with van der Waals surface area (Å²) < 4.78 is 0. The van der Waals surface area contributed by atoms with Crippen molar-refractivity contribution in [3.05, 3.63) is 77.5 Å². The van der Waals surface area contributed by atoms with Crippen LogP contribution in [0.2, 0.25) is 0 Å². The highest BCUT2D eigenvalue weighted by atomic mass is 16.1. The molecule has 4 rings (SSSR count). The van der Waals surface area contributed by atoms with Crippen LogP contribution in [-0.4, -0.2) is 35.3 Å². The van der Waals surface area contributed by atoms with Gasteiger partial charge in [-0.25, -0.2) is 0 Å². The number of piperidine rings is 1. The van der Waals surface area contributed by atoms with Gasteiger partial charge in [0.25, 0.3) is 0 Å². The lowest BCUT2D eigenvalue weighted by molar-refractivity contribution is 0.0964. The molecular weight excluding hydrogens is 392 g/mol. The van der Waals surface area contributed by atoms with E-state index in [0.717, 1.165) is 54.6 Å². The van der Waals surface area contributed by atoms with Gasteiger partial charge in [-0.2, -0.15) is 0 Å². The van der Waals surface area contributed by atoms with E-state index in [2.05, 4.69) is 56.0 Å². The molecule has 1 fully saturated rings. The Hall–Kier alpha value is -2.52. The van der Waals surface area contributed by atoms with Crippen LogP contribution in [0.4, 0.5) is 0 Å². The topological polar surface area (TPSA) is 33.2 Å². The Morgan fingerprint density at radius 2 is 1.69 bits per heavy atom. The van der Waals surface area contributed by atoms with E-state index >= 15 is 0 Å². The predicted octanol–water partition coefficient (Wildman–Crippen LogP) is 6.45. The zero-order chi connectivity index (χ0) is 22.6. The van der Waals surface area contributed by atoms with Gasteiger partial charge in [-0.15, -0.1) is 0 Å². The van der Waals surface area contributed by atoms with Crippen molar-refractivity contribution in [2.24, 2.45) is 5.92 Å². The van der Waals surface area contributed by atoms with Crippen molar-refractivity contribution in [1.29, 1.82) is 0 Å². The molecule has 0 aliphatic carbocycles. The van der Waals surface area contributed by atoms with E-state index < -0.39 is 0 Å². The zero-order valence-corrected chi connectivity index (χ0v) is 19.8. The molecule has 0 radical (unpaired) electrons. The molecule has 3 nitrogen and oxygen atoms in total. The Balaban J connectivity index is 1.33. The average molecular weight is 429 g/mol. The molecule has 1 aliphatic heterocycles. The number of aromatic nitrogens is 1. The lowest BCUT2D eigenvalue weighted by Gasteiger charge is -2.32. The Kier molecular flexibility index (Phi) is 7.05. The second-order valence-electron chi connectivity index (χ2n) is 10.3. The summed E-state index contributed by atoms with van der Waals surface area (Å²) in [5, 5.41) is 0.987. The van der Waals surface area contributed by atoms with Gasteiger partial charge in [-0.3, -0.25) is 9.78 Å². The van der Waals surface area contributed by atoms with Crippen molar-refractivity contribution in [3.63, 3.8) is 0 Å². The minimum Gasteiger partial charge on any atom is -0.303 e. The van der Waals surface area contributed by atoms with Gasteiger partial charge < -0.3 is 4.90 Å². The Morgan fingerprint density at radius 3 is 2.41 bits per heavy atom. The number of benzene rings is 2. The minimum absolute atomic E-state index is 0.0777. The smallest absolute Gasteiger partial charge is 0.163 e. The van der Waals surface area contributed by atoms with Crippen LogP contribution in [0.3, 0.4) is 0 Å². The quantitative estimate of drug-likeness (QED) is 0.405. The fourth-order valence-electron chi connectivity index (χ4n) is 4.69. The van der Waals surface area contributed by atoms with Crippen LogP contribution in [0.15, 0.2) is 60.7 Å². The maximum absolute atomic E-state index is 13.3. The van der Waals surface area contributed by atoms with E-state index in [4.69, 9.17) is 4.98 Å². The standard InChI is InChI=1S/C29H36N2O/c1-29(2,3)28-21-25(24-11-7-8-12-26(24)30-28)27(32)14-13-23-16-19-31(20-17-23)18-15-22-9-5-4-6-10-22/h4-12,21,23H,13-20H2,1-3H3. The molecule has 0 amide bonds. The first kappa shape index (κ1) is 22.7. The number of carbonyl (C=O) groups is 1. The first-order valence-electron chi connectivity index (χ1n) is 12.1. The number of likely N-dealkylation sites (tertiary alicyclic amines) is 1. The molecule has 0 saturated carbocycles. The van der Waals surface area contributed by atoms with E-state index in [9.17, 15) is 4.79 Å². The summed E-state index contributed by atoms with van der Waals surface area (Å²) in [6, 6.07) is 20.8. The fraction of sp³-hybridized carbons (Fsp3) is 0.448. The largest absolute Gasteiger partial charge is 0.303 e. The third kappa shape index (κ3) is 5.63. The Morgan fingerprint density at radius 1 is 1.00 bits per heavy atom. The average Bonchev–Trinajstić information content (AvgIpc) is 2.81. The molecule has 2 heterocycles. The van der Waals surface area contributed by atoms with Crippen LogP contribution in [0.5, 0.6) is 0 Å². The highest BCUT2D eigenvalue weighted by molar-refractivity contribution is 6.07. The molecule has 32 heavy (non-hydrogen) atoms. The number of Topliss-reactive ketones (excluding diaryl/α,β-unsaturated/α-hetero) is 1. The number of ketones is 1. The number of para-hydroxylation sites is 1. The van der Waals surface area contributed by atoms with Gasteiger partial charge in [0, 0.05) is 35.0 Å². The molecule has 168 valence electrons. The van der Waals surface area contributed by atoms with Crippen molar-refractivity contribution in [3.8, 4) is 0 Å². The van der Waals surface area contributed by atoms with Gasteiger partial charge >= 0.3 is 0 Å². The van der Waals surface area contributed by atoms with E-state index in [-0.39, 0.29) is 11.2 Å². The molecule has 0 bridgehead atoms. The van der Waals surface area contributed by atoms with Crippen molar-refractivity contribution < 1.29 is 4.79 Å². The van der Waals surface area contributed by atoms with Gasteiger partial charge in [0.2, 0.25) is 0 Å². The Labute approximate surface area is 192 Å². The molecule has 3 aromatic rings. The first-order valence-corrected chi connectivity index (χ1v) is 12.1. The summed E-state index contributed by atoms with van der Waals surface area (Å²) in [5.74, 6) is 0.919. The van der Waals surface area contributed by atoms with Crippen LogP contribution < -0.4 is 0 Å². The van der Waals surface area contributed by atoms with Gasteiger partial charge in [-0.05, 0) is 62.4 Å². The fourth-order valence-corrected chi connectivity index (χ4v) is 4.69. The number of rotatable bonds is 7. The summed E-state index contributed by atoms with van der Waals surface area (Å²) in [5.41, 5.74) is 4.10. The SMILES string of the molecule is CC(C)(C)c1cc(C(=O)CCC2CCN(CCc3ccccc3)CC2)c2ccccc2n1. The van der Waals surface area contributed by atoms with Gasteiger partial charge in [0.1, 0.15) is 0 Å². The molecule has 0 N–H and O–H groups in total. The van der Waals surface area contributed by atoms with Crippen molar-refractivity contribution >= 4 is 16.7 Å². The normalized spacial score (nSPS) is 15.8. The summed E-state index contributed by atoms with van der Waals surface area (Å²) in [7, 11) is 0. The second kappa shape index (κ2) is 9.95. The molecule has 0 unspecified atom stereocenters. The summed E-state index contributed by atoms with van der Waals surface area (Å²) >= 11 is 0. The summed E-state index contributed by atoms with van der Waals surface area (Å²) in [4.78, 5) is 20.7. The molecule has 0 atom stereocenters.